The van der Waals surface area contributed by atoms with Crippen LogP contribution in [-0.4, -0.2) is 31.2 Å². The highest BCUT2D eigenvalue weighted by atomic mass is 35.5. The van der Waals surface area contributed by atoms with Crippen LogP contribution in [0, 0.1) is 0 Å². The Balaban J connectivity index is 2.71. The maximum atomic E-state index is 5.95. The van der Waals surface area contributed by atoms with Crippen molar-refractivity contribution in [1.29, 1.82) is 0 Å². The summed E-state index contributed by atoms with van der Waals surface area (Å²) in [7, 11) is 3.63. The second-order valence-corrected chi connectivity index (χ2v) is 3.90. The van der Waals surface area contributed by atoms with Crippen molar-refractivity contribution in [2.75, 3.05) is 19.4 Å². The smallest absolute Gasteiger partial charge is 0.195 e. The third-order valence-electron chi connectivity index (χ3n) is 1.94. The minimum Gasteiger partial charge on any atom is -0.370 e. The van der Waals surface area contributed by atoms with Gasteiger partial charge in [-0.15, -0.1) is 0 Å². The van der Waals surface area contributed by atoms with Crippen LogP contribution >= 0.6 is 11.6 Å². The predicted molar refractivity (Wildman–Crippen MR) is 68.4 cm³/mol. The summed E-state index contributed by atoms with van der Waals surface area (Å²) in [6.45, 7) is 0. The molecule has 0 amide bonds. The van der Waals surface area contributed by atoms with Crippen LogP contribution in [0.2, 0.25) is 5.02 Å². The molecule has 0 aromatic heterocycles. The number of anilines is 1. The number of nitrogens with one attached hydrogen (secondary N) is 1. The molecule has 0 spiro atoms. The van der Waals surface area contributed by atoms with Gasteiger partial charge in [0.05, 0.1) is 10.7 Å². The van der Waals surface area contributed by atoms with Gasteiger partial charge in [-0.2, -0.15) is 0 Å². The molecule has 0 fully saturated rings. The van der Waals surface area contributed by atoms with E-state index in [2.05, 4.69) is 10.3 Å². The van der Waals surface area contributed by atoms with Crippen molar-refractivity contribution in [2.24, 2.45) is 16.5 Å². The van der Waals surface area contributed by atoms with E-state index in [9.17, 15) is 0 Å². The third-order valence-corrected chi connectivity index (χ3v) is 2.27. The van der Waals surface area contributed by atoms with Crippen molar-refractivity contribution in [2.45, 2.75) is 6.29 Å². The molecule has 16 heavy (non-hydrogen) atoms. The standard InChI is InChI=1S/C10H16ClN5/c1-16(2)10(13)15-9(12)14-8-6-4-3-5-7(8)11/h3-6,10H,13H2,1-2H3,(H3,12,14,15). The number of halogens is 1. The fraction of sp³-hybridized carbons (Fsp3) is 0.300. The number of nitrogens with zero attached hydrogens (tertiary/aromatic N) is 2. The highest BCUT2D eigenvalue weighted by Gasteiger charge is 2.04. The minimum absolute atomic E-state index is 0.231. The number of hydrogen-bond donors (Lipinski definition) is 3. The summed E-state index contributed by atoms with van der Waals surface area (Å²) < 4.78 is 0. The Hall–Kier alpha value is -1.30. The van der Waals surface area contributed by atoms with Gasteiger partial charge < -0.3 is 11.1 Å². The van der Waals surface area contributed by atoms with Gasteiger partial charge in [0, 0.05) is 0 Å². The quantitative estimate of drug-likeness (QED) is 0.417. The molecule has 0 saturated carbocycles. The Morgan fingerprint density at radius 1 is 1.44 bits per heavy atom. The fourth-order valence-corrected chi connectivity index (χ4v) is 1.17. The highest BCUT2D eigenvalue weighted by molar-refractivity contribution is 6.33. The number of guanidine groups is 1. The van der Waals surface area contributed by atoms with Crippen LogP contribution in [0.25, 0.3) is 0 Å². The summed E-state index contributed by atoms with van der Waals surface area (Å²) >= 11 is 5.95. The number of aliphatic imine (C=N–C) groups is 1. The molecule has 0 aliphatic carbocycles. The van der Waals surface area contributed by atoms with Crippen LogP contribution in [0.5, 0.6) is 0 Å². The van der Waals surface area contributed by atoms with E-state index in [1.54, 1.807) is 11.0 Å². The van der Waals surface area contributed by atoms with Crippen molar-refractivity contribution in [3.05, 3.63) is 29.3 Å². The molecule has 1 unspecified atom stereocenters. The number of benzene rings is 1. The first-order valence-corrected chi connectivity index (χ1v) is 5.15. The van der Waals surface area contributed by atoms with E-state index >= 15 is 0 Å². The molecule has 0 aliphatic heterocycles. The molecular formula is C10H16ClN5. The Morgan fingerprint density at radius 3 is 2.62 bits per heavy atom. The summed E-state index contributed by atoms with van der Waals surface area (Å²) in [6, 6.07) is 7.27. The molecule has 0 aliphatic rings. The molecule has 1 rings (SSSR count). The van der Waals surface area contributed by atoms with Crippen molar-refractivity contribution in [1.82, 2.24) is 4.90 Å². The molecule has 0 radical (unpaired) electrons. The lowest BCUT2D eigenvalue weighted by atomic mass is 10.3. The molecule has 1 atom stereocenters. The van der Waals surface area contributed by atoms with Gasteiger partial charge in [0.1, 0.15) is 0 Å². The van der Waals surface area contributed by atoms with E-state index in [1.807, 2.05) is 32.3 Å². The molecule has 5 N–H and O–H groups in total. The molecule has 1 aromatic carbocycles. The van der Waals surface area contributed by atoms with E-state index < -0.39 is 6.29 Å². The SMILES string of the molecule is CN(C)C(N)N=C(N)Nc1ccccc1Cl. The van der Waals surface area contributed by atoms with E-state index in [1.165, 1.54) is 0 Å². The number of hydrogen-bond acceptors (Lipinski definition) is 3. The lowest BCUT2D eigenvalue weighted by Crippen LogP contribution is -2.38. The van der Waals surface area contributed by atoms with Gasteiger partial charge in [0.15, 0.2) is 12.2 Å². The average Bonchev–Trinajstić information content (AvgIpc) is 2.21. The van der Waals surface area contributed by atoms with Gasteiger partial charge in [-0.1, -0.05) is 23.7 Å². The Bertz CT molecular complexity index is 377. The van der Waals surface area contributed by atoms with Crippen LogP contribution in [0.15, 0.2) is 29.3 Å². The van der Waals surface area contributed by atoms with Crippen LogP contribution < -0.4 is 16.8 Å². The largest absolute Gasteiger partial charge is 0.370 e. The van der Waals surface area contributed by atoms with Crippen molar-refractivity contribution in [3.8, 4) is 0 Å². The van der Waals surface area contributed by atoms with Gasteiger partial charge in [-0.25, -0.2) is 4.99 Å². The van der Waals surface area contributed by atoms with E-state index in [0.717, 1.165) is 0 Å². The minimum atomic E-state index is -0.477. The zero-order chi connectivity index (χ0) is 12.1. The van der Waals surface area contributed by atoms with Gasteiger partial charge >= 0.3 is 0 Å². The van der Waals surface area contributed by atoms with Gasteiger partial charge in [0.25, 0.3) is 0 Å². The second-order valence-electron chi connectivity index (χ2n) is 3.50. The molecule has 0 heterocycles. The zero-order valence-electron chi connectivity index (χ0n) is 9.31. The molecule has 5 nitrogen and oxygen atoms in total. The number of nitrogens with two attached hydrogens (primary N) is 2. The van der Waals surface area contributed by atoms with E-state index in [0.29, 0.717) is 10.7 Å². The number of rotatable bonds is 3. The fourth-order valence-electron chi connectivity index (χ4n) is 0.991. The van der Waals surface area contributed by atoms with Crippen molar-refractivity contribution < 1.29 is 0 Å². The monoisotopic (exact) mass is 241 g/mol. The topological polar surface area (TPSA) is 79.7 Å². The summed E-state index contributed by atoms with van der Waals surface area (Å²) in [4.78, 5) is 5.78. The van der Waals surface area contributed by atoms with Gasteiger partial charge in [-0.05, 0) is 26.2 Å². The summed E-state index contributed by atoms with van der Waals surface area (Å²) in [5.41, 5.74) is 12.1. The molecule has 0 bridgehead atoms. The molecule has 1 aromatic rings. The molecular weight excluding hydrogens is 226 g/mol. The Morgan fingerprint density at radius 2 is 2.06 bits per heavy atom. The van der Waals surface area contributed by atoms with Crippen LogP contribution in [0.4, 0.5) is 5.69 Å². The van der Waals surface area contributed by atoms with Gasteiger partial charge in [-0.3, -0.25) is 10.6 Å². The first-order chi connectivity index (χ1) is 7.50. The summed E-state index contributed by atoms with van der Waals surface area (Å²) in [6.07, 6.45) is -0.477. The van der Waals surface area contributed by atoms with Crippen molar-refractivity contribution >= 4 is 23.2 Å². The maximum absolute atomic E-state index is 5.95. The van der Waals surface area contributed by atoms with Crippen LogP contribution in [0.3, 0.4) is 0 Å². The first kappa shape index (κ1) is 12.8. The molecule has 88 valence electrons. The van der Waals surface area contributed by atoms with E-state index in [-0.39, 0.29) is 5.96 Å². The predicted octanol–water partition coefficient (Wildman–Crippen LogP) is 0.871. The summed E-state index contributed by atoms with van der Waals surface area (Å²) in [5, 5.41) is 3.47. The number of para-hydroxylation sites is 1. The highest BCUT2D eigenvalue weighted by Crippen LogP contribution is 2.19. The molecule has 6 heteroatoms. The lowest BCUT2D eigenvalue weighted by molar-refractivity contribution is 0.310. The zero-order valence-corrected chi connectivity index (χ0v) is 10.1. The van der Waals surface area contributed by atoms with Crippen molar-refractivity contribution in [3.63, 3.8) is 0 Å². The van der Waals surface area contributed by atoms with E-state index in [4.69, 9.17) is 23.1 Å². The lowest BCUT2D eigenvalue weighted by Gasteiger charge is -2.16. The Labute approximate surface area is 100 Å². The normalized spacial score (nSPS) is 13.9. The Kier molecular flexibility index (Phi) is 4.54. The average molecular weight is 242 g/mol. The summed E-state index contributed by atoms with van der Waals surface area (Å²) in [5.74, 6) is 0.231. The van der Waals surface area contributed by atoms with Crippen LogP contribution in [-0.2, 0) is 0 Å². The third kappa shape index (κ3) is 3.69. The van der Waals surface area contributed by atoms with Crippen LogP contribution in [0.1, 0.15) is 0 Å². The molecule has 0 saturated heterocycles. The van der Waals surface area contributed by atoms with Gasteiger partial charge in [0.2, 0.25) is 0 Å². The first-order valence-electron chi connectivity index (χ1n) is 4.77. The second kappa shape index (κ2) is 5.69. The maximum Gasteiger partial charge on any atom is 0.195 e.